The van der Waals surface area contributed by atoms with Gasteiger partial charge in [-0.1, -0.05) is 13.0 Å². The second-order valence-corrected chi connectivity index (χ2v) is 4.62. The summed E-state index contributed by atoms with van der Waals surface area (Å²) in [6.45, 7) is 3.28. The summed E-state index contributed by atoms with van der Waals surface area (Å²) in [7, 11) is 0. The molecule has 18 heavy (non-hydrogen) atoms. The summed E-state index contributed by atoms with van der Waals surface area (Å²) in [6, 6.07) is 6.04. The molecule has 1 heterocycles. The Kier molecular flexibility index (Phi) is 4.62. The predicted molar refractivity (Wildman–Crippen MR) is 70.3 cm³/mol. The summed E-state index contributed by atoms with van der Waals surface area (Å²) >= 11 is 0. The predicted octanol–water partition coefficient (Wildman–Crippen LogP) is 3.15. The zero-order chi connectivity index (χ0) is 12.8. The lowest BCUT2D eigenvalue weighted by Crippen LogP contribution is -2.15. The summed E-state index contributed by atoms with van der Waals surface area (Å²) in [4.78, 5) is 11.4. The monoisotopic (exact) mass is 248 g/mol. The molecule has 0 radical (unpaired) electrons. The first-order valence-corrected chi connectivity index (χ1v) is 6.70. The average Bonchev–Trinajstić information content (AvgIpc) is 2.39. The van der Waals surface area contributed by atoms with Crippen molar-refractivity contribution < 1.29 is 14.3 Å². The number of hydrogen-bond donors (Lipinski definition) is 0. The van der Waals surface area contributed by atoms with E-state index in [2.05, 4.69) is 6.07 Å². The van der Waals surface area contributed by atoms with E-state index in [1.807, 2.05) is 19.1 Å². The molecule has 0 aromatic heterocycles. The fourth-order valence-electron chi connectivity index (χ4n) is 2.14. The van der Waals surface area contributed by atoms with Crippen molar-refractivity contribution >= 4 is 5.78 Å². The van der Waals surface area contributed by atoms with Crippen LogP contribution in [0.2, 0.25) is 0 Å². The maximum atomic E-state index is 11.4. The normalized spacial score (nSPS) is 13.4. The SMILES string of the molecule is CCCC(=O)CCCc1ccc2c(c1)OCCO2. The highest BCUT2D eigenvalue weighted by Crippen LogP contribution is 2.31. The van der Waals surface area contributed by atoms with Crippen LogP contribution < -0.4 is 9.47 Å². The number of fused-ring (bicyclic) bond motifs is 1. The molecule has 0 saturated heterocycles. The Bertz CT molecular complexity index is 412. The minimum atomic E-state index is 0.370. The number of benzene rings is 1. The summed E-state index contributed by atoms with van der Waals surface area (Å²) in [5.74, 6) is 2.03. The standard InChI is InChI=1S/C15H20O3/c1-2-4-13(16)6-3-5-12-7-8-14-15(11-12)18-10-9-17-14/h7-8,11H,2-6,9-10H2,1H3. The van der Waals surface area contributed by atoms with E-state index in [1.54, 1.807) is 0 Å². The van der Waals surface area contributed by atoms with Crippen molar-refractivity contribution in [3.63, 3.8) is 0 Å². The van der Waals surface area contributed by atoms with Gasteiger partial charge in [0.25, 0.3) is 0 Å². The lowest BCUT2D eigenvalue weighted by molar-refractivity contribution is -0.119. The summed E-state index contributed by atoms with van der Waals surface area (Å²) in [5, 5.41) is 0. The molecule has 2 rings (SSSR count). The van der Waals surface area contributed by atoms with Gasteiger partial charge in [0.2, 0.25) is 0 Å². The van der Waals surface area contributed by atoms with Crippen molar-refractivity contribution in [3.05, 3.63) is 23.8 Å². The van der Waals surface area contributed by atoms with Crippen LogP contribution in [-0.2, 0) is 11.2 Å². The Morgan fingerprint density at radius 2 is 1.94 bits per heavy atom. The Balaban J connectivity index is 1.84. The van der Waals surface area contributed by atoms with Crippen molar-refractivity contribution in [1.29, 1.82) is 0 Å². The largest absolute Gasteiger partial charge is 0.486 e. The second-order valence-electron chi connectivity index (χ2n) is 4.62. The molecule has 0 saturated carbocycles. The molecule has 0 bridgehead atoms. The third-order valence-corrected chi connectivity index (χ3v) is 3.06. The smallest absolute Gasteiger partial charge is 0.161 e. The maximum absolute atomic E-state index is 11.4. The third-order valence-electron chi connectivity index (χ3n) is 3.06. The number of aryl methyl sites for hydroxylation is 1. The van der Waals surface area contributed by atoms with Gasteiger partial charge in [-0.2, -0.15) is 0 Å². The van der Waals surface area contributed by atoms with E-state index >= 15 is 0 Å². The Morgan fingerprint density at radius 3 is 2.72 bits per heavy atom. The first-order chi connectivity index (χ1) is 8.79. The molecule has 1 aromatic rings. The highest BCUT2D eigenvalue weighted by Gasteiger charge is 2.11. The van der Waals surface area contributed by atoms with Crippen LogP contribution in [0.15, 0.2) is 18.2 Å². The van der Waals surface area contributed by atoms with Crippen LogP contribution in [0.3, 0.4) is 0 Å². The van der Waals surface area contributed by atoms with E-state index in [9.17, 15) is 4.79 Å². The fraction of sp³-hybridized carbons (Fsp3) is 0.533. The zero-order valence-corrected chi connectivity index (χ0v) is 10.9. The van der Waals surface area contributed by atoms with Crippen LogP contribution in [0.4, 0.5) is 0 Å². The van der Waals surface area contributed by atoms with E-state index in [1.165, 1.54) is 5.56 Å². The van der Waals surface area contributed by atoms with Gasteiger partial charge in [0.15, 0.2) is 11.5 Å². The number of hydrogen-bond acceptors (Lipinski definition) is 3. The summed E-state index contributed by atoms with van der Waals surface area (Å²) in [6.07, 6.45) is 4.18. The molecule has 1 aromatic carbocycles. The number of ether oxygens (including phenoxy) is 2. The number of carbonyl (C=O) groups excluding carboxylic acids is 1. The lowest BCUT2D eigenvalue weighted by Gasteiger charge is -2.18. The molecule has 1 aliphatic rings. The molecule has 0 amide bonds. The zero-order valence-electron chi connectivity index (χ0n) is 10.9. The van der Waals surface area contributed by atoms with Gasteiger partial charge < -0.3 is 9.47 Å². The van der Waals surface area contributed by atoms with Crippen LogP contribution in [0, 0.1) is 0 Å². The van der Waals surface area contributed by atoms with Crippen LogP contribution in [0.5, 0.6) is 11.5 Å². The lowest BCUT2D eigenvalue weighted by atomic mass is 10.0. The Labute approximate surface area is 108 Å². The average molecular weight is 248 g/mol. The van der Waals surface area contributed by atoms with Crippen LogP contribution in [0.25, 0.3) is 0 Å². The first-order valence-electron chi connectivity index (χ1n) is 6.70. The Morgan fingerprint density at radius 1 is 1.17 bits per heavy atom. The topological polar surface area (TPSA) is 35.5 Å². The van der Waals surface area contributed by atoms with E-state index in [0.29, 0.717) is 31.8 Å². The molecule has 98 valence electrons. The quantitative estimate of drug-likeness (QED) is 0.775. The van der Waals surface area contributed by atoms with Crippen molar-refractivity contribution in [1.82, 2.24) is 0 Å². The molecule has 0 fully saturated rings. The van der Waals surface area contributed by atoms with Gasteiger partial charge in [0.1, 0.15) is 19.0 Å². The fourth-order valence-corrected chi connectivity index (χ4v) is 2.14. The molecular formula is C15H20O3. The highest BCUT2D eigenvalue weighted by molar-refractivity contribution is 5.78. The molecule has 0 atom stereocenters. The molecular weight excluding hydrogens is 228 g/mol. The van der Waals surface area contributed by atoms with E-state index < -0.39 is 0 Å². The van der Waals surface area contributed by atoms with Crippen molar-refractivity contribution in [2.24, 2.45) is 0 Å². The van der Waals surface area contributed by atoms with E-state index in [4.69, 9.17) is 9.47 Å². The number of ketones is 1. The molecule has 3 nitrogen and oxygen atoms in total. The molecule has 0 aliphatic carbocycles. The van der Waals surface area contributed by atoms with Crippen molar-refractivity contribution in [2.75, 3.05) is 13.2 Å². The van der Waals surface area contributed by atoms with E-state index in [0.717, 1.165) is 30.8 Å². The minimum absolute atomic E-state index is 0.370. The van der Waals surface area contributed by atoms with Crippen LogP contribution in [-0.4, -0.2) is 19.0 Å². The van der Waals surface area contributed by atoms with Crippen LogP contribution >= 0.6 is 0 Å². The number of Topliss-reactive ketones (excluding diaryl/α,β-unsaturated/α-hetero) is 1. The van der Waals surface area contributed by atoms with Gasteiger partial charge in [-0.05, 0) is 37.0 Å². The number of rotatable bonds is 6. The molecule has 0 spiro atoms. The molecule has 0 N–H and O–H groups in total. The first kappa shape index (κ1) is 12.9. The summed E-state index contributed by atoms with van der Waals surface area (Å²) in [5.41, 5.74) is 1.21. The Hall–Kier alpha value is -1.51. The van der Waals surface area contributed by atoms with Crippen LogP contribution in [0.1, 0.15) is 38.2 Å². The van der Waals surface area contributed by atoms with Gasteiger partial charge in [-0.3, -0.25) is 4.79 Å². The summed E-state index contributed by atoms with van der Waals surface area (Å²) < 4.78 is 11.0. The molecule has 1 aliphatic heterocycles. The molecule has 3 heteroatoms. The van der Waals surface area contributed by atoms with Gasteiger partial charge in [0, 0.05) is 12.8 Å². The second kappa shape index (κ2) is 6.43. The maximum Gasteiger partial charge on any atom is 0.161 e. The third kappa shape index (κ3) is 3.49. The van der Waals surface area contributed by atoms with Crippen molar-refractivity contribution in [3.8, 4) is 11.5 Å². The molecule has 0 unspecified atom stereocenters. The van der Waals surface area contributed by atoms with Crippen molar-refractivity contribution in [2.45, 2.75) is 39.0 Å². The minimum Gasteiger partial charge on any atom is -0.486 e. The van der Waals surface area contributed by atoms with Gasteiger partial charge >= 0.3 is 0 Å². The number of carbonyl (C=O) groups is 1. The van der Waals surface area contributed by atoms with Gasteiger partial charge in [-0.15, -0.1) is 0 Å². The van der Waals surface area contributed by atoms with E-state index in [-0.39, 0.29) is 0 Å². The highest BCUT2D eigenvalue weighted by atomic mass is 16.6. The van der Waals surface area contributed by atoms with Gasteiger partial charge in [0.05, 0.1) is 0 Å². The van der Waals surface area contributed by atoms with Gasteiger partial charge in [-0.25, -0.2) is 0 Å².